The summed E-state index contributed by atoms with van der Waals surface area (Å²) in [6.07, 6.45) is 0. The molecule has 0 unspecified atom stereocenters. The molecule has 0 fully saturated rings. The fourth-order valence-electron chi connectivity index (χ4n) is 1.88. The molecule has 3 rings (SSSR count). The van der Waals surface area contributed by atoms with Crippen LogP contribution in [0.25, 0.3) is 0 Å². The molecule has 104 valence electrons. The van der Waals surface area contributed by atoms with Crippen LogP contribution in [0.4, 0.5) is 0 Å². The van der Waals surface area contributed by atoms with E-state index in [1.54, 1.807) is 0 Å². The zero-order valence-electron chi connectivity index (χ0n) is 11.3. The molecular weight excluding hydrogens is 390 g/mol. The van der Waals surface area contributed by atoms with Crippen LogP contribution < -0.4 is 17.8 Å². The minimum absolute atomic E-state index is 0.147. The Hall–Kier alpha value is -1.50. The molecule has 21 heavy (non-hydrogen) atoms. The summed E-state index contributed by atoms with van der Waals surface area (Å²) in [6.45, 7) is 0. The van der Waals surface area contributed by atoms with Crippen molar-refractivity contribution in [1.29, 1.82) is 0 Å². The molecule has 0 saturated heterocycles. The Labute approximate surface area is 137 Å². The Morgan fingerprint density at radius 1 is 0.571 bits per heavy atom. The SMILES string of the molecule is Oc1ccc([Se]c2ccccc2)cc1[Se]c1ccccc1. The van der Waals surface area contributed by atoms with E-state index in [9.17, 15) is 5.11 Å². The molecule has 0 heterocycles. The molecule has 3 aromatic rings. The molecule has 3 heteroatoms. The molecule has 0 aliphatic rings. The number of phenolic OH excluding ortho intramolecular Hbond substituents is 1. The molecule has 1 N–H and O–H groups in total. The molecule has 3 aromatic carbocycles. The molecule has 0 bridgehead atoms. The minimum atomic E-state index is 0.147. The van der Waals surface area contributed by atoms with E-state index in [1.807, 2.05) is 36.4 Å². The second-order valence-corrected chi connectivity index (χ2v) is 9.21. The number of phenols is 1. The third-order valence-corrected chi connectivity index (χ3v) is 7.19. The predicted molar refractivity (Wildman–Crippen MR) is 91.0 cm³/mol. The first-order valence-corrected chi connectivity index (χ1v) is 10.0. The van der Waals surface area contributed by atoms with Gasteiger partial charge in [0.2, 0.25) is 0 Å². The molecule has 0 amide bonds. The number of rotatable bonds is 4. The van der Waals surface area contributed by atoms with Crippen LogP contribution in [0.1, 0.15) is 0 Å². The maximum absolute atomic E-state index is 10.1. The Kier molecular flexibility index (Phi) is 4.79. The van der Waals surface area contributed by atoms with Crippen molar-refractivity contribution >= 4 is 47.8 Å². The van der Waals surface area contributed by atoms with Gasteiger partial charge in [-0.3, -0.25) is 0 Å². The standard InChI is InChI=1S/C18H14OSe2/c19-17-12-11-16(20-14-7-3-1-4-8-14)13-18(17)21-15-9-5-2-6-10-15/h1-13,19H. The third-order valence-electron chi connectivity index (χ3n) is 2.88. The van der Waals surface area contributed by atoms with Crippen molar-refractivity contribution in [1.82, 2.24) is 0 Å². The van der Waals surface area contributed by atoms with E-state index in [0.29, 0.717) is 5.75 Å². The van der Waals surface area contributed by atoms with Gasteiger partial charge in [-0.15, -0.1) is 0 Å². The number of benzene rings is 3. The van der Waals surface area contributed by atoms with E-state index in [4.69, 9.17) is 0 Å². The van der Waals surface area contributed by atoms with E-state index in [1.165, 1.54) is 13.4 Å². The van der Waals surface area contributed by atoms with Gasteiger partial charge in [-0.1, -0.05) is 0 Å². The Bertz CT molecular complexity index is 712. The number of hydrogen-bond donors (Lipinski definition) is 1. The van der Waals surface area contributed by atoms with Gasteiger partial charge in [0, 0.05) is 0 Å². The van der Waals surface area contributed by atoms with Gasteiger partial charge < -0.3 is 0 Å². The van der Waals surface area contributed by atoms with Crippen LogP contribution in [-0.2, 0) is 0 Å². The Balaban J connectivity index is 1.83. The fourth-order valence-corrected chi connectivity index (χ4v) is 6.00. The van der Waals surface area contributed by atoms with Crippen LogP contribution in [0, 0.1) is 0 Å². The first-order chi connectivity index (χ1) is 10.3. The van der Waals surface area contributed by atoms with Crippen LogP contribution >= 0.6 is 0 Å². The van der Waals surface area contributed by atoms with Crippen molar-refractivity contribution in [3.8, 4) is 5.75 Å². The van der Waals surface area contributed by atoms with Gasteiger partial charge in [-0.05, 0) is 0 Å². The van der Waals surface area contributed by atoms with Gasteiger partial charge in [0.15, 0.2) is 0 Å². The summed E-state index contributed by atoms with van der Waals surface area (Å²) < 4.78 is 5.00. The van der Waals surface area contributed by atoms with Crippen LogP contribution in [0.2, 0.25) is 0 Å². The first kappa shape index (κ1) is 14.4. The van der Waals surface area contributed by atoms with Gasteiger partial charge in [-0.25, -0.2) is 0 Å². The molecule has 0 saturated carbocycles. The second kappa shape index (κ2) is 6.97. The van der Waals surface area contributed by atoms with Gasteiger partial charge in [-0.2, -0.15) is 0 Å². The van der Waals surface area contributed by atoms with Crippen molar-refractivity contribution in [3.05, 3.63) is 78.9 Å². The summed E-state index contributed by atoms with van der Waals surface area (Å²) in [5.41, 5.74) is 0. The summed E-state index contributed by atoms with van der Waals surface area (Å²) in [5, 5.41) is 10.1. The van der Waals surface area contributed by atoms with E-state index in [0.717, 1.165) is 4.46 Å². The van der Waals surface area contributed by atoms with Gasteiger partial charge in [0.05, 0.1) is 0 Å². The van der Waals surface area contributed by atoms with Crippen molar-refractivity contribution in [2.75, 3.05) is 0 Å². The maximum atomic E-state index is 10.1. The zero-order valence-corrected chi connectivity index (χ0v) is 14.7. The van der Waals surface area contributed by atoms with Crippen LogP contribution in [0.3, 0.4) is 0 Å². The monoisotopic (exact) mass is 406 g/mol. The molecule has 0 aliphatic heterocycles. The van der Waals surface area contributed by atoms with Crippen LogP contribution in [0.15, 0.2) is 78.9 Å². The summed E-state index contributed by atoms with van der Waals surface area (Å²) in [6, 6.07) is 26.9. The topological polar surface area (TPSA) is 20.2 Å². The van der Waals surface area contributed by atoms with Gasteiger partial charge >= 0.3 is 137 Å². The van der Waals surface area contributed by atoms with Crippen molar-refractivity contribution < 1.29 is 5.11 Å². The Morgan fingerprint density at radius 3 is 1.76 bits per heavy atom. The van der Waals surface area contributed by atoms with Crippen LogP contribution in [0.5, 0.6) is 5.75 Å². The summed E-state index contributed by atoms with van der Waals surface area (Å²) in [4.78, 5) is 0. The number of aromatic hydroxyl groups is 1. The van der Waals surface area contributed by atoms with E-state index in [-0.39, 0.29) is 29.9 Å². The Morgan fingerprint density at radius 2 is 1.14 bits per heavy atom. The first-order valence-electron chi connectivity index (χ1n) is 6.60. The molecule has 0 atom stereocenters. The quantitative estimate of drug-likeness (QED) is 0.636. The van der Waals surface area contributed by atoms with Crippen molar-refractivity contribution in [2.45, 2.75) is 0 Å². The van der Waals surface area contributed by atoms with Crippen molar-refractivity contribution in [2.24, 2.45) is 0 Å². The van der Waals surface area contributed by atoms with E-state index < -0.39 is 0 Å². The fraction of sp³-hybridized carbons (Fsp3) is 0. The van der Waals surface area contributed by atoms with Gasteiger partial charge in [0.1, 0.15) is 0 Å². The molecule has 0 aliphatic carbocycles. The van der Waals surface area contributed by atoms with Gasteiger partial charge in [0.25, 0.3) is 0 Å². The average molecular weight is 404 g/mol. The molecule has 0 spiro atoms. The van der Waals surface area contributed by atoms with Crippen molar-refractivity contribution in [3.63, 3.8) is 0 Å². The zero-order chi connectivity index (χ0) is 14.5. The normalized spacial score (nSPS) is 10.5. The molecule has 0 radical (unpaired) electrons. The predicted octanol–water partition coefficient (Wildman–Crippen LogP) is 0.702. The average Bonchev–Trinajstić information content (AvgIpc) is 2.53. The summed E-state index contributed by atoms with van der Waals surface area (Å²) in [7, 11) is 0. The number of hydrogen-bond acceptors (Lipinski definition) is 1. The third kappa shape index (κ3) is 4.00. The van der Waals surface area contributed by atoms with E-state index in [2.05, 4.69) is 42.5 Å². The van der Waals surface area contributed by atoms with Crippen LogP contribution in [-0.4, -0.2) is 35.0 Å². The second-order valence-electron chi connectivity index (χ2n) is 4.46. The molecule has 0 aromatic heterocycles. The van der Waals surface area contributed by atoms with E-state index >= 15 is 0 Å². The molecular formula is C18H14OSe2. The molecule has 1 nitrogen and oxygen atoms in total. The summed E-state index contributed by atoms with van der Waals surface area (Å²) >= 11 is 0.435. The summed E-state index contributed by atoms with van der Waals surface area (Å²) in [5.74, 6) is 0.409.